The summed E-state index contributed by atoms with van der Waals surface area (Å²) in [4.78, 5) is 28.3. The van der Waals surface area contributed by atoms with Crippen molar-refractivity contribution in [2.45, 2.75) is 0 Å². The number of fused-ring (bicyclic) bond motifs is 1. The predicted octanol–water partition coefficient (Wildman–Crippen LogP) is -2.04. The number of carboxylic acid groups (broad SMARTS) is 2. The first-order valence-corrected chi connectivity index (χ1v) is 10.9. The number of carbonyl (C=O) groups is 2. The summed E-state index contributed by atoms with van der Waals surface area (Å²) in [6, 6.07) is 30.0. The molecule has 1 N–H and O–H groups in total. The minimum absolute atomic E-state index is 0. The fraction of sp³-hybridized carbons (Fsp3) is 0. The number of benzene rings is 4. The van der Waals surface area contributed by atoms with Crippen molar-refractivity contribution in [1.29, 1.82) is 0 Å². The van der Waals surface area contributed by atoms with Crippen molar-refractivity contribution in [3.05, 3.63) is 131 Å². The van der Waals surface area contributed by atoms with Crippen molar-refractivity contribution in [3.8, 4) is 0 Å². The summed E-state index contributed by atoms with van der Waals surface area (Å²) in [6.07, 6.45) is 0. The number of aromatic carboxylic acids is 2. The first-order valence-electron chi connectivity index (χ1n) is 10.9. The number of aliphatic imine (C=N–C) groups is 1. The van der Waals surface area contributed by atoms with E-state index in [-0.39, 0.29) is 88.3 Å². The minimum Gasteiger partial charge on any atom is -0.545 e. The minimum atomic E-state index is -1.32. The molecule has 0 aromatic heterocycles. The van der Waals surface area contributed by atoms with Gasteiger partial charge in [0.1, 0.15) is 0 Å². The second kappa shape index (κ2) is 13.9. The Hall–Kier alpha value is -2.68. The summed E-state index contributed by atoms with van der Waals surface area (Å²) in [5.74, 6) is -2.61. The van der Waals surface area contributed by atoms with Crippen LogP contribution >= 0.6 is 12.4 Å². The molecular weight excluding hydrogens is 522 g/mol. The molecule has 0 saturated heterocycles. The van der Waals surface area contributed by atoms with Gasteiger partial charge < -0.3 is 25.1 Å². The Morgan fingerprint density at radius 1 is 0.632 bits per heavy atom. The van der Waals surface area contributed by atoms with E-state index in [9.17, 15) is 19.8 Å². The average Bonchev–Trinajstić information content (AvgIpc) is 3.18. The molecule has 4 aromatic carbocycles. The largest absolute Gasteiger partial charge is 1.00 e. The maximum atomic E-state index is 11.7. The fourth-order valence-corrected chi connectivity index (χ4v) is 4.20. The van der Waals surface area contributed by atoms with Gasteiger partial charge in [-0.25, -0.2) is 4.99 Å². The van der Waals surface area contributed by atoms with E-state index >= 15 is 0 Å². The molecule has 1 aliphatic carbocycles. The van der Waals surface area contributed by atoms with Crippen LogP contribution in [0.5, 0.6) is 0 Å². The summed E-state index contributed by atoms with van der Waals surface area (Å²) in [5.41, 5.74) is 5.02. The van der Waals surface area contributed by atoms with Crippen LogP contribution in [0.25, 0.3) is 11.3 Å². The van der Waals surface area contributed by atoms with Gasteiger partial charge in [-0.2, -0.15) is 0 Å². The van der Waals surface area contributed by atoms with E-state index in [0.717, 1.165) is 16.7 Å². The van der Waals surface area contributed by atoms with Crippen LogP contribution in [0.4, 0.5) is 11.4 Å². The van der Waals surface area contributed by atoms with E-state index < -0.39 is 11.9 Å². The number of carbonyl (C=O) groups excluding carboxylic acids is 2. The molecule has 0 unspecified atom stereocenters. The summed E-state index contributed by atoms with van der Waals surface area (Å²) in [6.45, 7) is 0. The Bertz CT molecular complexity index is 1540. The van der Waals surface area contributed by atoms with Crippen molar-refractivity contribution in [3.63, 3.8) is 0 Å². The van der Waals surface area contributed by atoms with E-state index in [1.165, 1.54) is 12.1 Å². The molecule has 0 aliphatic heterocycles. The normalized spacial score (nSPS) is 12.5. The van der Waals surface area contributed by atoms with Gasteiger partial charge in [0.25, 0.3) is 0 Å². The van der Waals surface area contributed by atoms with Gasteiger partial charge in [-0.15, -0.1) is 12.4 Å². The van der Waals surface area contributed by atoms with Gasteiger partial charge in [-0.3, -0.25) is 0 Å². The molecule has 4 aromatic rings. The van der Waals surface area contributed by atoms with E-state index in [4.69, 9.17) is 4.99 Å². The van der Waals surface area contributed by atoms with Crippen LogP contribution in [-0.2, 0) is 0 Å². The zero-order chi connectivity index (χ0) is 24.4. The van der Waals surface area contributed by atoms with E-state index in [0.29, 0.717) is 22.7 Å². The second-order valence-electron chi connectivity index (χ2n) is 7.88. The molecule has 0 bridgehead atoms. The van der Waals surface area contributed by atoms with Crippen molar-refractivity contribution in [2.24, 2.45) is 4.99 Å². The van der Waals surface area contributed by atoms with Gasteiger partial charge in [0.05, 0.1) is 29.0 Å². The number of hydrogen-bond donors (Lipinski definition) is 1. The number of nitrogens with one attached hydrogen (secondary N) is 1. The van der Waals surface area contributed by atoms with Gasteiger partial charge in [0, 0.05) is 33.5 Å². The number of anilines is 1. The van der Waals surface area contributed by atoms with E-state index in [2.05, 4.69) is 5.32 Å². The molecule has 178 valence electrons. The topological polar surface area (TPSA) is 105 Å². The Kier molecular flexibility index (Phi) is 11.6. The smallest absolute Gasteiger partial charge is 0.545 e. The van der Waals surface area contributed by atoms with Crippen LogP contribution in [0.1, 0.15) is 37.4 Å². The van der Waals surface area contributed by atoms with Gasteiger partial charge in [-0.1, -0.05) is 91.0 Å². The molecule has 0 saturated carbocycles. The zero-order valence-electron chi connectivity index (χ0n) is 20.8. The SMILES string of the molecule is Cl.O=C([O-])c1ccccc1N=C1C(c2ccccc2)=C(Nc2ccccc2C(=O)[O-])c2ccccc21.[Na+].[Na+]. The van der Waals surface area contributed by atoms with Crippen LogP contribution in [0.3, 0.4) is 0 Å². The summed E-state index contributed by atoms with van der Waals surface area (Å²) in [7, 11) is 0. The number of nitrogens with zero attached hydrogens (tertiary/aromatic N) is 1. The Balaban J connectivity index is 0.00000169. The Morgan fingerprint density at radius 2 is 1.16 bits per heavy atom. The van der Waals surface area contributed by atoms with Crippen molar-refractivity contribution in [2.75, 3.05) is 5.32 Å². The number of carboxylic acids is 2. The fourth-order valence-electron chi connectivity index (χ4n) is 4.20. The third-order valence-electron chi connectivity index (χ3n) is 5.76. The maximum Gasteiger partial charge on any atom is 1.00 e. The third-order valence-corrected chi connectivity index (χ3v) is 5.76. The van der Waals surface area contributed by atoms with Crippen LogP contribution < -0.4 is 74.6 Å². The Morgan fingerprint density at radius 3 is 1.82 bits per heavy atom. The molecule has 1 aliphatic rings. The summed E-state index contributed by atoms with van der Waals surface area (Å²) in [5, 5.41) is 26.8. The molecule has 0 radical (unpaired) electrons. The van der Waals surface area contributed by atoms with Gasteiger partial charge in [0.15, 0.2) is 0 Å². The average molecular weight is 541 g/mol. The maximum absolute atomic E-state index is 11.7. The van der Waals surface area contributed by atoms with Crippen molar-refractivity contribution >= 4 is 52.7 Å². The number of rotatable bonds is 6. The molecule has 9 heteroatoms. The van der Waals surface area contributed by atoms with Crippen LogP contribution in [0.2, 0.25) is 0 Å². The third kappa shape index (κ3) is 6.30. The number of hydrogen-bond acceptors (Lipinski definition) is 6. The first-order chi connectivity index (χ1) is 17.0. The molecule has 0 fully saturated rings. The molecular formula is C29H19ClN2Na2O4. The first kappa shape index (κ1) is 31.5. The van der Waals surface area contributed by atoms with Crippen LogP contribution in [0.15, 0.2) is 108 Å². The summed E-state index contributed by atoms with van der Waals surface area (Å²) < 4.78 is 0. The van der Waals surface area contributed by atoms with Gasteiger partial charge in [0.2, 0.25) is 0 Å². The number of allylic oxidation sites excluding steroid dienone is 1. The molecule has 0 spiro atoms. The van der Waals surface area contributed by atoms with Gasteiger partial charge >= 0.3 is 59.1 Å². The predicted molar refractivity (Wildman–Crippen MR) is 138 cm³/mol. The number of halogens is 1. The molecule has 0 amide bonds. The molecule has 5 rings (SSSR count). The van der Waals surface area contributed by atoms with Crippen molar-refractivity contribution in [1.82, 2.24) is 0 Å². The molecule has 0 heterocycles. The molecule has 6 nitrogen and oxygen atoms in total. The van der Waals surface area contributed by atoms with E-state index in [1.807, 2.05) is 54.6 Å². The monoisotopic (exact) mass is 540 g/mol. The van der Waals surface area contributed by atoms with Crippen molar-refractivity contribution < 1.29 is 78.9 Å². The molecule has 38 heavy (non-hydrogen) atoms. The second-order valence-corrected chi connectivity index (χ2v) is 7.88. The number of para-hydroxylation sites is 2. The molecule has 0 atom stereocenters. The zero-order valence-corrected chi connectivity index (χ0v) is 25.6. The standard InChI is InChI=1S/C29H20N2O4.ClH.2Na/c32-28(33)21-14-6-8-16-23(21)30-26-19-12-4-5-13-20(19)27(25(26)18-10-2-1-3-11-18)31-24-17-9-7-15-22(24)29(34)35;;;/h1-17,30H,(H,32,33)(H,34,35);1H;;/q;;2*+1/p-2. The van der Waals surface area contributed by atoms with Crippen LogP contribution in [-0.4, -0.2) is 17.7 Å². The van der Waals surface area contributed by atoms with Gasteiger partial charge in [-0.05, 0) is 17.7 Å². The van der Waals surface area contributed by atoms with Crippen LogP contribution in [0, 0.1) is 0 Å². The van der Waals surface area contributed by atoms with E-state index in [1.54, 1.807) is 36.4 Å². The summed E-state index contributed by atoms with van der Waals surface area (Å²) >= 11 is 0. The Labute approximate surface area is 270 Å². The quantitative estimate of drug-likeness (QED) is 0.284.